The second-order valence-corrected chi connectivity index (χ2v) is 6.94. The largest absolute Gasteiger partial charge is 0.339 e. The number of nitrogens with zero attached hydrogens (tertiary/aromatic N) is 2. The maximum Gasteiger partial charge on any atom is 0.253 e. The molecule has 3 nitrogen and oxygen atoms in total. The number of benzene rings is 1. The molecular formula is C14H18Br2N2O. The summed E-state index contributed by atoms with van der Waals surface area (Å²) in [5, 5.41) is 0. The lowest BCUT2D eigenvalue weighted by Gasteiger charge is -2.35. The number of hydrogen-bond donors (Lipinski definition) is 0. The first kappa shape index (κ1) is 15.0. The summed E-state index contributed by atoms with van der Waals surface area (Å²) in [5.41, 5.74) is 0.725. The predicted octanol–water partition coefficient (Wildman–Crippen LogP) is 3.38. The fraction of sp³-hybridized carbons (Fsp3) is 0.500. The lowest BCUT2D eigenvalue weighted by molar-refractivity contribution is 0.0659. The molecule has 2 rings (SSSR count). The van der Waals surface area contributed by atoms with Gasteiger partial charge in [0.15, 0.2) is 0 Å². The third kappa shape index (κ3) is 3.80. The number of piperidine rings is 1. The standard InChI is InChI=1S/C14H18Br2N2O/c1-17-5-3-13(4-6-17)18(2)14(19)10-7-11(15)9-12(16)8-10/h7-9,13H,3-6H2,1-2H3. The molecule has 0 aromatic heterocycles. The first-order valence-corrected chi connectivity index (χ1v) is 7.98. The Labute approximate surface area is 131 Å². The minimum absolute atomic E-state index is 0.0940. The van der Waals surface area contributed by atoms with Crippen molar-refractivity contribution in [3.8, 4) is 0 Å². The number of amides is 1. The molecular weight excluding hydrogens is 372 g/mol. The summed E-state index contributed by atoms with van der Waals surface area (Å²) >= 11 is 6.85. The Morgan fingerprint density at radius 1 is 1.21 bits per heavy atom. The molecule has 0 atom stereocenters. The number of likely N-dealkylation sites (tertiary alicyclic amines) is 1. The minimum atomic E-state index is 0.0940. The van der Waals surface area contributed by atoms with Crippen LogP contribution in [0.15, 0.2) is 27.1 Å². The quantitative estimate of drug-likeness (QED) is 0.774. The number of hydrogen-bond acceptors (Lipinski definition) is 2. The number of rotatable bonds is 2. The first-order chi connectivity index (χ1) is 8.97. The zero-order valence-corrected chi connectivity index (χ0v) is 14.4. The van der Waals surface area contributed by atoms with Crippen LogP contribution >= 0.6 is 31.9 Å². The second kappa shape index (κ2) is 6.37. The van der Waals surface area contributed by atoms with E-state index in [0.29, 0.717) is 6.04 Å². The van der Waals surface area contributed by atoms with E-state index in [1.165, 1.54) is 0 Å². The molecule has 0 bridgehead atoms. The van der Waals surface area contributed by atoms with Gasteiger partial charge in [0.1, 0.15) is 0 Å². The van der Waals surface area contributed by atoms with Crippen LogP contribution in [0.2, 0.25) is 0 Å². The van der Waals surface area contributed by atoms with Crippen molar-refractivity contribution in [3.05, 3.63) is 32.7 Å². The Morgan fingerprint density at radius 2 is 1.74 bits per heavy atom. The van der Waals surface area contributed by atoms with E-state index in [1.54, 1.807) is 0 Å². The summed E-state index contributed by atoms with van der Waals surface area (Å²) in [5.74, 6) is 0.0940. The molecule has 1 aliphatic heterocycles. The van der Waals surface area contributed by atoms with Crippen molar-refractivity contribution in [1.82, 2.24) is 9.80 Å². The summed E-state index contributed by atoms with van der Waals surface area (Å²) in [7, 11) is 4.04. The average molecular weight is 390 g/mol. The zero-order chi connectivity index (χ0) is 14.0. The van der Waals surface area contributed by atoms with Gasteiger partial charge in [-0.3, -0.25) is 4.79 Å². The highest BCUT2D eigenvalue weighted by Gasteiger charge is 2.24. The predicted molar refractivity (Wildman–Crippen MR) is 84.5 cm³/mol. The van der Waals surface area contributed by atoms with Crippen molar-refractivity contribution >= 4 is 37.8 Å². The van der Waals surface area contributed by atoms with Crippen LogP contribution in [-0.2, 0) is 0 Å². The van der Waals surface area contributed by atoms with Crippen molar-refractivity contribution in [2.24, 2.45) is 0 Å². The van der Waals surface area contributed by atoms with Crippen molar-refractivity contribution in [1.29, 1.82) is 0 Å². The number of halogens is 2. The van der Waals surface area contributed by atoms with Gasteiger partial charge in [-0.2, -0.15) is 0 Å². The molecule has 19 heavy (non-hydrogen) atoms. The summed E-state index contributed by atoms with van der Waals surface area (Å²) in [6, 6.07) is 6.03. The van der Waals surface area contributed by atoms with Crippen LogP contribution in [0.5, 0.6) is 0 Å². The molecule has 0 aliphatic carbocycles. The maximum absolute atomic E-state index is 12.5. The molecule has 1 saturated heterocycles. The maximum atomic E-state index is 12.5. The molecule has 0 N–H and O–H groups in total. The lowest BCUT2D eigenvalue weighted by atomic mass is 10.0. The van der Waals surface area contributed by atoms with Crippen LogP contribution in [0.25, 0.3) is 0 Å². The van der Waals surface area contributed by atoms with Gasteiger partial charge in [-0.15, -0.1) is 0 Å². The monoisotopic (exact) mass is 388 g/mol. The van der Waals surface area contributed by atoms with Crippen molar-refractivity contribution in [2.45, 2.75) is 18.9 Å². The Kier molecular flexibility index (Phi) is 5.03. The molecule has 1 aliphatic rings. The third-order valence-corrected chi connectivity index (χ3v) is 4.58. The smallest absolute Gasteiger partial charge is 0.253 e. The number of carbonyl (C=O) groups excluding carboxylic acids is 1. The third-order valence-electron chi connectivity index (χ3n) is 3.67. The highest BCUT2D eigenvalue weighted by atomic mass is 79.9. The van der Waals surface area contributed by atoms with Gasteiger partial charge in [0.2, 0.25) is 0 Å². The molecule has 1 aromatic rings. The Hall–Kier alpha value is -0.390. The van der Waals surface area contributed by atoms with E-state index < -0.39 is 0 Å². The van der Waals surface area contributed by atoms with Crippen molar-refractivity contribution in [3.63, 3.8) is 0 Å². The van der Waals surface area contributed by atoms with Crippen molar-refractivity contribution < 1.29 is 4.79 Å². The second-order valence-electron chi connectivity index (χ2n) is 5.11. The lowest BCUT2D eigenvalue weighted by Crippen LogP contribution is -2.44. The minimum Gasteiger partial charge on any atom is -0.339 e. The number of carbonyl (C=O) groups is 1. The molecule has 1 heterocycles. The van der Waals surface area contributed by atoms with Crippen LogP contribution in [0, 0.1) is 0 Å². The SMILES string of the molecule is CN1CCC(N(C)C(=O)c2cc(Br)cc(Br)c2)CC1. The van der Waals surface area contributed by atoms with E-state index in [-0.39, 0.29) is 5.91 Å². The van der Waals surface area contributed by atoms with Gasteiger partial charge in [0.05, 0.1) is 0 Å². The van der Waals surface area contributed by atoms with E-state index in [1.807, 2.05) is 30.1 Å². The molecule has 0 radical (unpaired) electrons. The molecule has 104 valence electrons. The van der Waals surface area contributed by atoms with E-state index >= 15 is 0 Å². The van der Waals surface area contributed by atoms with Crippen molar-refractivity contribution in [2.75, 3.05) is 27.2 Å². The molecule has 1 fully saturated rings. The Balaban J connectivity index is 2.10. The van der Waals surface area contributed by atoms with Gasteiger partial charge in [-0.05, 0) is 51.2 Å². The first-order valence-electron chi connectivity index (χ1n) is 6.39. The summed E-state index contributed by atoms with van der Waals surface area (Å²) in [6.45, 7) is 2.12. The molecule has 0 saturated carbocycles. The van der Waals surface area contributed by atoms with E-state index in [2.05, 4.69) is 43.8 Å². The van der Waals surface area contributed by atoms with Gasteiger partial charge in [-0.25, -0.2) is 0 Å². The highest BCUT2D eigenvalue weighted by Crippen LogP contribution is 2.23. The molecule has 0 unspecified atom stereocenters. The molecule has 0 spiro atoms. The molecule has 1 aromatic carbocycles. The van der Waals surface area contributed by atoms with Crippen LogP contribution < -0.4 is 0 Å². The normalized spacial score (nSPS) is 17.5. The topological polar surface area (TPSA) is 23.6 Å². The fourth-order valence-electron chi connectivity index (χ4n) is 2.43. The molecule has 1 amide bonds. The van der Waals surface area contributed by atoms with Crippen LogP contribution in [0.1, 0.15) is 23.2 Å². The van der Waals surface area contributed by atoms with Gasteiger partial charge in [-0.1, -0.05) is 31.9 Å². The van der Waals surface area contributed by atoms with Gasteiger partial charge < -0.3 is 9.80 Å². The van der Waals surface area contributed by atoms with E-state index in [0.717, 1.165) is 40.4 Å². The molecule has 5 heteroatoms. The van der Waals surface area contributed by atoms with Gasteiger partial charge >= 0.3 is 0 Å². The van der Waals surface area contributed by atoms with Crippen LogP contribution in [0.3, 0.4) is 0 Å². The Bertz CT molecular complexity index is 450. The summed E-state index contributed by atoms with van der Waals surface area (Å²) in [4.78, 5) is 16.7. The fourth-order valence-corrected chi connectivity index (χ4v) is 3.72. The highest BCUT2D eigenvalue weighted by molar-refractivity contribution is 9.11. The van der Waals surface area contributed by atoms with E-state index in [4.69, 9.17) is 0 Å². The summed E-state index contributed by atoms with van der Waals surface area (Å²) < 4.78 is 1.84. The van der Waals surface area contributed by atoms with Gasteiger partial charge in [0, 0.05) is 27.6 Å². The summed E-state index contributed by atoms with van der Waals surface area (Å²) in [6.07, 6.45) is 2.10. The van der Waals surface area contributed by atoms with Crippen LogP contribution in [0.4, 0.5) is 0 Å². The average Bonchev–Trinajstić information content (AvgIpc) is 2.37. The van der Waals surface area contributed by atoms with E-state index in [9.17, 15) is 4.79 Å². The van der Waals surface area contributed by atoms with Crippen LogP contribution in [-0.4, -0.2) is 48.9 Å². The Morgan fingerprint density at radius 3 is 2.26 bits per heavy atom. The van der Waals surface area contributed by atoms with Gasteiger partial charge in [0.25, 0.3) is 5.91 Å². The zero-order valence-electron chi connectivity index (χ0n) is 11.2.